The summed E-state index contributed by atoms with van der Waals surface area (Å²) in [6, 6.07) is 13.5. The predicted molar refractivity (Wildman–Crippen MR) is 115 cm³/mol. The lowest BCUT2D eigenvalue weighted by molar-refractivity contribution is 0.102. The fourth-order valence-corrected chi connectivity index (χ4v) is 3.80. The number of nitrogens with one attached hydrogen (secondary N) is 1. The van der Waals surface area contributed by atoms with Crippen LogP contribution in [-0.4, -0.2) is 34.9 Å². The second kappa shape index (κ2) is 6.84. The molecule has 30 heavy (non-hydrogen) atoms. The van der Waals surface area contributed by atoms with Crippen LogP contribution in [0.3, 0.4) is 0 Å². The topological polar surface area (TPSA) is 82.0 Å². The van der Waals surface area contributed by atoms with E-state index in [1.165, 1.54) is 0 Å². The van der Waals surface area contributed by atoms with Gasteiger partial charge in [0.1, 0.15) is 11.3 Å². The first-order valence-corrected chi connectivity index (χ1v) is 9.70. The quantitative estimate of drug-likeness (QED) is 0.503. The largest absolute Gasteiger partial charge is 0.320 e. The summed E-state index contributed by atoms with van der Waals surface area (Å²) in [6.45, 7) is 4.54. The van der Waals surface area contributed by atoms with Crippen molar-refractivity contribution in [1.82, 2.24) is 28.9 Å². The number of rotatable bonds is 4. The van der Waals surface area contributed by atoms with E-state index in [0.717, 1.165) is 39.3 Å². The lowest BCUT2D eigenvalue weighted by atomic mass is 10.1. The third-order valence-corrected chi connectivity index (χ3v) is 5.33. The molecule has 4 aromatic heterocycles. The molecule has 0 radical (unpaired) electrons. The van der Waals surface area contributed by atoms with Crippen LogP contribution in [0.2, 0.25) is 0 Å². The molecule has 8 heteroatoms. The van der Waals surface area contributed by atoms with Crippen LogP contribution in [0, 0.1) is 13.8 Å². The first kappa shape index (κ1) is 18.1. The van der Waals surface area contributed by atoms with Crippen molar-refractivity contribution in [3.05, 3.63) is 77.6 Å². The molecule has 5 rings (SSSR count). The van der Waals surface area contributed by atoms with Crippen molar-refractivity contribution >= 4 is 28.1 Å². The number of aryl methyl sites for hydroxylation is 3. The fourth-order valence-electron chi connectivity index (χ4n) is 3.80. The molecule has 0 bridgehead atoms. The van der Waals surface area contributed by atoms with Crippen LogP contribution in [0.25, 0.3) is 16.6 Å². The number of carbonyl (C=O) groups is 1. The van der Waals surface area contributed by atoms with Gasteiger partial charge in [-0.25, -0.2) is 4.98 Å². The van der Waals surface area contributed by atoms with E-state index in [0.29, 0.717) is 12.2 Å². The molecule has 150 valence electrons. The number of imidazole rings is 1. The Morgan fingerprint density at radius 1 is 1.10 bits per heavy atom. The smallest absolute Gasteiger partial charge is 0.274 e. The average Bonchev–Trinajstić information content (AvgIpc) is 3.39. The maximum Gasteiger partial charge on any atom is 0.274 e. The summed E-state index contributed by atoms with van der Waals surface area (Å²) in [4.78, 5) is 17.3. The summed E-state index contributed by atoms with van der Waals surface area (Å²) in [5.74, 6) is -0.214. The molecule has 0 aliphatic rings. The van der Waals surface area contributed by atoms with Crippen molar-refractivity contribution in [3.63, 3.8) is 0 Å². The average molecular weight is 399 g/mol. The summed E-state index contributed by atoms with van der Waals surface area (Å²) >= 11 is 0. The first-order valence-electron chi connectivity index (χ1n) is 9.70. The molecule has 0 atom stereocenters. The minimum absolute atomic E-state index is 0.214. The van der Waals surface area contributed by atoms with E-state index >= 15 is 0 Å². The van der Waals surface area contributed by atoms with E-state index in [1.807, 2.05) is 72.9 Å². The summed E-state index contributed by atoms with van der Waals surface area (Å²) < 4.78 is 5.56. The van der Waals surface area contributed by atoms with Crippen LogP contribution >= 0.6 is 0 Å². The van der Waals surface area contributed by atoms with Crippen molar-refractivity contribution in [2.45, 2.75) is 20.4 Å². The van der Waals surface area contributed by atoms with Gasteiger partial charge in [-0.3, -0.25) is 18.6 Å². The zero-order valence-corrected chi connectivity index (χ0v) is 17.0. The SMILES string of the molecule is Cc1nn(Cc2cc(C)n(C)n2)c2cccc(NC(=O)c3cnc4ccccn34)c12. The summed E-state index contributed by atoms with van der Waals surface area (Å²) in [7, 11) is 1.93. The predicted octanol–water partition coefficient (Wildman–Crippen LogP) is 3.33. The number of hydrogen-bond acceptors (Lipinski definition) is 4. The maximum atomic E-state index is 13.0. The molecule has 4 heterocycles. The van der Waals surface area contributed by atoms with Crippen LogP contribution in [-0.2, 0) is 13.6 Å². The van der Waals surface area contributed by atoms with Crippen molar-refractivity contribution in [2.75, 3.05) is 5.32 Å². The number of hydrogen-bond donors (Lipinski definition) is 1. The lowest BCUT2D eigenvalue weighted by Crippen LogP contribution is -2.14. The van der Waals surface area contributed by atoms with Crippen LogP contribution in [0.4, 0.5) is 5.69 Å². The molecule has 0 aliphatic carbocycles. The van der Waals surface area contributed by atoms with Gasteiger partial charge in [-0.05, 0) is 44.2 Å². The molecule has 5 aromatic rings. The minimum atomic E-state index is -0.214. The number of pyridine rings is 1. The second-order valence-electron chi connectivity index (χ2n) is 7.37. The molecule has 1 N–H and O–H groups in total. The van der Waals surface area contributed by atoms with Gasteiger partial charge in [-0.15, -0.1) is 0 Å². The first-order chi connectivity index (χ1) is 14.5. The lowest BCUT2D eigenvalue weighted by Gasteiger charge is -2.08. The van der Waals surface area contributed by atoms with Gasteiger partial charge >= 0.3 is 0 Å². The highest BCUT2D eigenvalue weighted by molar-refractivity contribution is 6.08. The standard InChI is InChI=1S/C22H21N7O/c1-14-11-16(26-27(14)3)13-29-18-8-6-7-17(21(18)15(2)25-29)24-22(30)19-12-23-20-9-4-5-10-28(19)20/h4-12H,13H2,1-3H3,(H,24,30). The number of aromatic nitrogens is 6. The molecule has 0 fully saturated rings. The molecule has 1 aromatic carbocycles. The number of nitrogens with zero attached hydrogens (tertiary/aromatic N) is 6. The van der Waals surface area contributed by atoms with Gasteiger partial charge in [0.2, 0.25) is 0 Å². The molecule has 8 nitrogen and oxygen atoms in total. The van der Waals surface area contributed by atoms with E-state index in [2.05, 4.69) is 21.5 Å². The van der Waals surface area contributed by atoms with Crippen molar-refractivity contribution < 1.29 is 4.79 Å². The van der Waals surface area contributed by atoms with E-state index in [9.17, 15) is 4.79 Å². The molecule has 0 saturated heterocycles. The monoisotopic (exact) mass is 399 g/mol. The third kappa shape index (κ3) is 2.93. The van der Waals surface area contributed by atoms with Crippen LogP contribution in [0.15, 0.2) is 54.9 Å². The van der Waals surface area contributed by atoms with Gasteiger partial charge in [-0.2, -0.15) is 10.2 Å². The van der Waals surface area contributed by atoms with Crippen molar-refractivity contribution in [2.24, 2.45) is 7.05 Å². The summed E-state index contributed by atoms with van der Waals surface area (Å²) in [6.07, 6.45) is 3.42. The number of benzene rings is 1. The minimum Gasteiger partial charge on any atom is -0.320 e. The number of amides is 1. The van der Waals surface area contributed by atoms with Gasteiger partial charge in [0.15, 0.2) is 0 Å². The second-order valence-corrected chi connectivity index (χ2v) is 7.37. The highest BCUT2D eigenvalue weighted by atomic mass is 16.1. The number of carbonyl (C=O) groups excluding carboxylic acids is 1. The molecule has 0 unspecified atom stereocenters. The Morgan fingerprint density at radius 2 is 1.97 bits per heavy atom. The molecule has 0 saturated carbocycles. The molecular weight excluding hydrogens is 378 g/mol. The zero-order valence-electron chi connectivity index (χ0n) is 17.0. The Morgan fingerprint density at radius 3 is 2.77 bits per heavy atom. The Labute approximate surface area is 172 Å². The van der Waals surface area contributed by atoms with Crippen LogP contribution in [0.1, 0.15) is 27.6 Å². The maximum absolute atomic E-state index is 13.0. The van der Waals surface area contributed by atoms with E-state index in [1.54, 1.807) is 10.6 Å². The number of fused-ring (bicyclic) bond motifs is 2. The van der Waals surface area contributed by atoms with Crippen LogP contribution < -0.4 is 5.32 Å². The molecular formula is C22H21N7O. The Kier molecular flexibility index (Phi) is 4.13. The highest BCUT2D eigenvalue weighted by Gasteiger charge is 2.17. The Balaban J connectivity index is 1.51. The third-order valence-electron chi connectivity index (χ3n) is 5.33. The van der Waals surface area contributed by atoms with Gasteiger partial charge in [0.05, 0.1) is 35.3 Å². The van der Waals surface area contributed by atoms with E-state index < -0.39 is 0 Å². The zero-order chi connectivity index (χ0) is 20.8. The van der Waals surface area contributed by atoms with Gasteiger partial charge < -0.3 is 5.32 Å². The number of anilines is 1. The Hall–Kier alpha value is -3.94. The molecule has 0 spiro atoms. The highest BCUT2D eigenvalue weighted by Crippen LogP contribution is 2.27. The fraction of sp³-hybridized carbons (Fsp3) is 0.182. The van der Waals surface area contributed by atoms with Crippen molar-refractivity contribution in [1.29, 1.82) is 0 Å². The summed E-state index contributed by atoms with van der Waals surface area (Å²) in [5.41, 5.74) is 5.79. The molecule has 0 aliphatic heterocycles. The van der Waals surface area contributed by atoms with E-state index in [4.69, 9.17) is 5.10 Å². The Bertz CT molecular complexity index is 1390. The van der Waals surface area contributed by atoms with E-state index in [-0.39, 0.29) is 5.91 Å². The van der Waals surface area contributed by atoms with Gasteiger partial charge in [0.25, 0.3) is 5.91 Å². The van der Waals surface area contributed by atoms with Gasteiger partial charge in [-0.1, -0.05) is 12.1 Å². The van der Waals surface area contributed by atoms with Gasteiger partial charge in [0, 0.05) is 24.3 Å². The molecule has 1 amide bonds. The normalized spacial score (nSPS) is 11.4. The van der Waals surface area contributed by atoms with Crippen LogP contribution in [0.5, 0.6) is 0 Å². The van der Waals surface area contributed by atoms with Crippen molar-refractivity contribution in [3.8, 4) is 0 Å². The summed E-state index contributed by atoms with van der Waals surface area (Å²) in [5, 5.41) is 13.2.